The molecule has 0 spiro atoms. The second-order valence-corrected chi connectivity index (χ2v) is 11.5. The van der Waals surface area contributed by atoms with Crippen molar-refractivity contribution in [1.29, 1.82) is 0 Å². The summed E-state index contributed by atoms with van der Waals surface area (Å²) in [6.07, 6.45) is 1.39. The number of hydrogen-bond donors (Lipinski definition) is 2. The predicted octanol–water partition coefficient (Wildman–Crippen LogP) is 5.58. The SMILES string of the molecule is Cc1cc(C)cc(NC(=O)CC2CCC(Oc3ccccc3)(C(=O)OC(=O)[C@@H](N)CSCc3ccccc3)C2)c1. The fourth-order valence-corrected chi connectivity index (χ4v) is 5.98. The molecule has 2 unspecified atom stereocenters. The molecule has 1 aliphatic carbocycles. The number of aryl methyl sites for hydroxylation is 2. The summed E-state index contributed by atoms with van der Waals surface area (Å²) in [5, 5.41) is 2.97. The van der Waals surface area contributed by atoms with Crippen LogP contribution in [-0.2, 0) is 24.9 Å². The van der Waals surface area contributed by atoms with E-state index in [0.29, 0.717) is 30.1 Å². The van der Waals surface area contributed by atoms with Crippen LogP contribution in [0.4, 0.5) is 5.69 Å². The highest BCUT2D eigenvalue weighted by atomic mass is 32.2. The Balaban J connectivity index is 1.38. The fraction of sp³-hybridized carbons (Fsp3) is 0.344. The molecule has 0 heterocycles. The van der Waals surface area contributed by atoms with Gasteiger partial charge in [0.15, 0.2) is 0 Å². The molecule has 7 nitrogen and oxygen atoms in total. The summed E-state index contributed by atoms with van der Waals surface area (Å²) in [6.45, 7) is 3.96. The standard InChI is InChI=1S/C32H36N2O5S/c1-22-15-23(2)17-26(16-22)34-29(35)18-25-13-14-32(19-25,39-27-11-7-4-8-12-27)31(37)38-30(36)28(33)21-40-20-24-9-5-3-6-10-24/h3-12,15-17,25,28H,13-14,18-21,33H2,1-2H3,(H,34,35)/t25?,28-,32?/m0/s1. The molecule has 3 aromatic carbocycles. The van der Waals surface area contributed by atoms with E-state index in [9.17, 15) is 14.4 Å². The Morgan fingerprint density at radius 1 is 1.00 bits per heavy atom. The number of carbonyl (C=O) groups excluding carboxylic acids is 3. The number of ether oxygens (including phenoxy) is 2. The zero-order chi connectivity index (χ0) is 28.5. The third-order valence-electron chi connectivity index (χ3n) is 6.89. The number of amides is 1. The maximum absolute atomic E-state index is 13.4. The molecule has 0 saturated heterocycles. The van der Waals surface area contributed by atoms with Gasteiger partial charge in [0.2, 0.25) is 11.5 Å². The molecule has 0 aliphatic heterocycles. The van der Waals surface area contributed by atoms with E-state index in [2.05, 4.69) is 5.32 Å². The second-order valence-electron chi connectivity index (χ2n) is 10.5. The number of hydrogen-bond acceptors (Lipinski definition) is 7. The molecule has 4 rings (SSSR count). The highest BCUT2D eigenvalue weighted by Crippen LogP contribution is 2.41. The maximum Gasteiger partial charge on any atom is 0.358 e. The van der Waals surface area contributed by atoms with E-state index in [4.69, 9.17) is 15.2 Å². The van der Waals surface area contributed by atoms with Crippen molar-refractivity contribution >= 4 is 35.3 Å². The number of anilines is 1. The van der Waals surface area contributed by atoms with Gasteiger partial charge in [0, 0.05) is 30.0 Å². The molecule has 1 fully saturated rings. The van der Waals surface area contributed by atoms with Crippen LogP contribution in [0.5, 0.6) is 5.75 Å². The molecule has 1 amide bonds. The van der Waals surface area contributed by atoms with E-state index in [-0.39, 0.29) is 24.7 Å². The van der Waals surface area contributed by atoms with E-state index >= 15 is 0 Å². The molecule has 0 aromatic heterocycles. The van der Waals surface area contributed by atoms with Gasteiger partial charge in [-0.2, -0.15) is 11.8 Å². The van der Waals surface area contributed by atoms with Crippen LogP contribution < -0.4 is 15.8 Å². The van der Waals surface area contributed by atoms with Gasteiger partial charge in [0.1, 0.15) is 11.8 Å². The van der Waals surface area contributed by atoms with Crippen molar-refractivity contribution in [3.05, 3.63) is 95.6 Å². The average molecular weight is 561 g/mol. The zero-order valence-electron chi connectivity index (χ0n) is 22.9. The molecule has 210 valence electrons. The first-order valence-electron chi connectivity index (χ1n) is 13.5. The quantitative estimate of drug-likeness (QED) is 0.233. The van der Waals surface area contributed by atoms with E-state index in [1.165, 1.54) is 11.8 Å². The topological polar surface area (TPSA) is 108 Å². The minimum Gasteiger partial charge on any atom is -0.476 e. The van der Waals surface area contributed by atoms with Crippen molar-refractivity contribution in [2.45, 2.75) is 56.9 Å². The second kappa shape index (κ2) is 13.6. The van der Waals surface area contributed by atoms with Crippen molar-refractivity contribution < 1.29 is 23.9 Å². The molecular formula is C32H36N2O5S. The highest BCUT2D eigenvalue weighted by Gasteiger charge is 2.50. The number of benzene rings is 3. The predicted molar refractivity (Wildman–Crippen MR) is 158 cm³/mol. The van der Waals surface area contributed by atoms with Crippen molar-refractivity contribution in [3.63, 3.8) is 0 Å². The molecule has 40 heavy (non-hydrogen) atoms. The molecule has 3 atom stereocenters. The van der Waals surface area contributed by atoms with Gasteiger partial charge in [-0.25, -0.2) is 9.59 Å². The summed E-state index contributed by atoms with van der Waals surface area (Å²) in [5.74, 6) is -0.285. The van der Waals surface area contributed by atoms with Crippen molar-refractivity contribution in [3.8, 4) is 5.75 Å². The number of rotatable bonds is 11. The van der Waals surface area contributed by atoms with Gasteiger partial charge in [0.25, 0.3) is 0 Å². The van der Waals surface area contributed by atoms with Gasteiger partial charge in [-0.05, 0) is 73.6 Å². The first-order valence-corrected chi connectivity index (χ1v) is 14.6. The Morgan fingerprint density at radius 3 is 2.33 bits per heavy atom. The van der Waals surface area contributed by atoms with Gasteiger partial charge in [-0.15, -0.1) is 0 Å². The average Bonchev–Trinajstić information content (AvgIpc) is 3.32. The minimum atomic E-state index is -1.38. The molecule has 3 N–H and O–H groups in total. The van der Waals surface area contributed by atoms with Crippen LogP contribution in [0, 0.1) is 19.8 Å². The molecular weight excluding hydrogens is 524 g/mol. The lowest BCUT2D eigenvalue weighted by atomic mass is 9.97. The Hall–Kier alpha value is -3.62. The van der Waals surface area contributed by atoms with Crippen molar-refractivity contribution in [2.24, 2.45) is 11.7 Å². The third-order valence-corrected chi connectivity index (χ3v) is 8.02. The molecule has 0 radical (unpaired) electrons. The van der Waals surface area contributed by atoms with Crippen LogP contribution in [0.15, 0.2) is 78.9 Å². The molecule has 8 heteroatoms. The Labute approximate surface area is 239 Å². The minimum absolute atomic E-state index is 0.118. The smallest absolute Gasteiger partial charge is 0.358 e. The summed E-state index contributed by atoms with van der Waals surface area (Å²) in [4.78, 5) is 39.1. The Morgan fingerprint density at radius 2 is 1.65 bits per heavy atom. The number of esters is 2. The molecule has 1 saturated carbocycles. The monoisotopic (exact) mass is 560 g/mol. The van der Waals surface area contributed by atoms with E-state index in [0.717, 1.165) is 22.4 Å². The fourth-order valence-electron chi connectivity index (χ4n) is 5.04. The van der Waals surface area contributed by atoms with E-state index in [1.54, 1.807) is 12.1 Å². The van der Waals surface area contributed by atoms with Crippen LogP contribution in [0.1, 0.15) is 42.4 Å². The van der Waals surface area contributed by atoms with Crippen LogP contribution in [-0.4, -0.2) is 35.2 Å². The van der Waals surface area contributed by atoms with Crippen molar-refractivity contribution in [2.75, 3.05) is 11.1 Å². The number of para-hydroxylation sites is 1. The lowest BCUT2D eigenvalue weighted by Crippen LogP contribution is -2.47. The first-order chi connectivity index (χ1) is 19.2. The Kier molecular flexibility index (Phi) is 10.0. The number of nitrogens with two attached hydrogens (primary N) is 1. The van der Waals surface area contributed by atoms with Gasteiger partial charge in [-0.3, -0.25) is 4.79 Å². The highest BCUT2D eigenvalue weighted by molar-refractivity contribution is 7.98. The Bertz CT molecular complexity index is 1300. The molecule has 1 aliphatic rings. The normalized spacial score (nSPS) is 19.0. The lowest BCUT2D eigenvalue weighted by molar-refractivity contribution is -0.172. The molecule has 0 bridgehead atoms. The number of carbonyl (C=O) groups is 3. The van der Waals surface area contributed by atoms with Crippen molar-refractivity contribution in [1.82, 2.24) is 0 Å². The van der Waals surface area contributed by atoms with Crippen LogP contribution in [0.2, 0.25) is 0 Å². The lowest BCUT2D eigenvalue weighted by Gasteiger charge is -2.28. The summed E-state index contributed by atoms with van der Waals surface area (Å²) >= 11 is 1.50. The van der Waals surface area contributed by atoms with Crippen LogP contribution >= 0.6 is 11.8 Å². The largest absolute Gasteiger partial charge is 0.476 e. The first kappa shape index (κ1) is 29.4. The van der Waals surface area contributed by atoms with Crippen LogP contribution in [0.3, 0.4) is 0 Å². The van der Waals surface area contributed by atoms with Crippen LogP contribution in [0.25, 0.3) is 0 Å². The van der Waals surface area contributed by atoms with Gasteiger partial charge >= 0.3 is 11.9 Å². The zero-order valence-corrected chi connectivity index (χ0v) is 23.7. The third kappa shape index (κ3) is 8.19. The molecule has 3 aromatic rings. The van der Waals surface area contributed by atoms with Gasteiger partial charge in [0.05, 0.1) is 0 Å². The summed E-state index contributed by atoms with van der Waals surface area (Å²) in [5.41, 5.74) is 8.69. The van der Waals surface area contributed by atoms with E-state index in [1.807, 2.05) is 80.6 Å². The van der Waals surface area contributed by atoms with Gasteiger partial charge in [-0.1, -0.05) is 54.6 Å². The number of nitrogens with one attached hydrogen (secondary N) is 1. The summed E-state index contributed by atoms with van der Waals surface area (Å²) in [7, 11) is 0. The van der Waals surface area contributed by atoms with Gasteiger partial charge < -0.3 is 20.5 Å². The number of thioether (sulfide) groups is 1. The summed E-state index contributed by atoms with van der Waals surface area (Å²) < 4.78 is 11.5. The maximum atomic E-state index is 13.4. The summed E-state index contributed by atoms with van der Waals surface area (Å²) in [6, 6.07) is 23.8. The van der Waals surface area contributed by atoms with E-state index < -0.39 is 23.6 Å².